The molecule has 2 aromatic rings. The van der Waals surface area contributed by atoms with Crippen molar-refractivity contribution in [2.24, 2.45) is 5.84 Å². The second-order valence-corrected chi connectivity index (χ2v) is 4.20. The number of rotatable bonds is 5. The summed E-state index contributed by atoms with van der Waals surface area (Å²) in [7, 11) is 1.66. The third-order valence-electron chi connectivity index (χ3n) is 2.40. The maximum atomic E-state index is 6.01. The monoisotopic (exact) mass is 279 g/mol. The standard InChI is InChI=1S/C12H14ClN5O/c1-19-7-8-2-4-9(5-3-8)16-11-10(13)6-15-12(17-11)18-14/h2-6H,7,14H2,1H3,(H2,15,16,17,18). The number of halogens is 1. The van der Waals surface area contributed by atoms with Gasteiger partial charge in [0.1, 0.15) is 5.02 Å². The zero-order valence-electron chi connectivity index (χ0n) is 10.4. The molecule has 4 N–H and O–H groups in total. The zero-order valence-corrected chi connectivity index (χ0v) is 11.1. The van der Waals surface area contributed by atoms with Gasteiger partial charge < -0.3 is 10.1 Å². The molecule has 0 saturated carbocycles. The van der Waals surface area contributed by atoms with Gasteiger partial charge in [0.25, 0.3) is 0 Å². The first-order valence-corrected chi connectivity index (χ1v) is 5.95. The Hall–Kier alpha value is -1.89. The fourth-order valence-electron chi connectivity index (χ4n) is 1.51. The predicted octanol–water partition coefficient (Wildman–Crippen LogP) is 2.31. The minimum atomic E-state index is 0.294. The summed E-state index contributed by atoms with van der Waals surface area (Å²) in [6.45, 7) is 0.579. The molecule has 19 heavy (non-hydrogen) atoms. The van der Waals surface area contributed by atoms with E-state index >= 15 is 0 Å². The maximum absolute atomic E-state index is 6.01. The Morgan fingerprint density at radius 2 is 2.05 bits per heavy atom. The first kappa shape index (κ1) is 13.5. The smallest absolute Gasteiger partial charge is 0.239 e. The molecule has 0 aliphatic carbocycles. The SMILES string of the molecule is COCc1ccc(Nc2nc(NN)ncc2Cl)cc1. The van der Waals surface area contributed by atoms with E-state index in [2.05, 4.69) is 20.7 Å². The van der Waals surface area contributed by atoms with Crippen LogP contribution in [0.25, 0.3) is 0 Å². The van der Waals surface area contributed by atoms with Crippen LogP contribution in [0.5, 0.6) is 0 Å². The number of nitrogens with zero attached hydrogens (tertiary/aromatic N) is 2. The Morgan fingerprint density at radius 3 is 2.68 bits per heavy atom. The van der Waals surface area contributed by atoms with Gasteiger partial charge in [0.05, 0.1) is 12.8 Å². The number of hydrazine groups is 1. The van der Waals surface area contributed by atoms with Gasteiger partial charge in [-0.3, -0.25) is 5.43 Å². The predicted molar refractivity (Wildman–Crippen MR) is 75.3 cm³/mol. The molecule has 0 spiro atoms. The molecule has 1 heterocycles. The Morgan fingerprint density at radius 1 is 1.32 bits per heavy atom. The zero-order chi connectivity index (χ0) is 13.7. The lowest BCUT2D eigenvalue weighted by molar-refractivity contribution is 0.185. The molecule has 0 aliphatic rings. The highest BCUT2D eigenvalue weighted by atomic mass is 35.5. The van der Waals surface area contributed by atoms with Crippen LogP contribution in [0.15, 0.2) is 30.5 Å². The van der Waals surface area contributed by atoms with Crippen molar-refractivity contribution in [1.29, 1.82) is 0 Å². The van der Waals surface area contributed by atoms with E-state index < -0.39 is 0 Å². The first-order valence-electron chi connectivity index (χ1n) is 5.57. The fourth-order valence-corrected chi connectivity index (χ4v) is 1.65. The van der Waals surface area contributed by atoms with Crippen LogP contribution in [-0.4, -0.2) is 17.1 Å². The number of ether oxygens (including phenoxy) is 1. The van der Waals surface area contributed by atoms with Crippen molar-refractivity contribution in [3.63, 3.8) is 0 Å². The summed E-state index contributed by atoms with van der Waals surface area (Å²) in [4.78, 5) is 8.03. The molecule has 0 unspecified atom stereocenters. The largest absolute Gasteiger partial charge is 0.380 e. The minimum absolute atomic E-state index is 0.294. The summed E-state index contributed by atoms with van der Waals surface area (Å²) in [5.74, 6) is 6.04. The summed E-state index contributed by atoms with van der Waals surface area (Å²) in [6, 6.07) is 7.76. The average molecular weight is 280 g/mol. The maximum Gasteiger partial charge on any atom is 0.239 e. The van der Waals surface area contributed by atoms with Gasteiger partial charge in [0.15, 0.2) is 5.82 Å². The summed E-state index contributed by atoms with van der Waals surface area (Å²) in [6.07, 6.45) is 1.48. The van der Waals surface area contributed by atoms with Crippen molar-refractivity contribution in [1.82, 2.24) is 9.97 Å². The Kier molecular flexibility index (Phi) is 4.51. The second kappa shape index (κ2) is 6.33. The average Bonchev–Trinajstić information content (AvgIpc) is 2.44. The van der Waals surface area contributed by atoms with Crippen LogP contribution >= 0.6 is 11.6 Å². The quantitative estimate of drug-likeness (QED) is 0.575. The molecular weight excluding hydrogens is 266 g/mol. The highest BCUT2D eigenvalue weighted by molar-refractivity contribution is 6.32. The summed E-state index contributed by atoms with van der Waals surface area (Å²) in [5.41, 5.74) is 4.32. The molecule has 0 saturated heterocycles. The number of aromatic nitrogens is 2. The third kappa shape index (κ3) is 3.54. The second-order valence-electron chi connectivity index (χ2n) is 3.79. The van der Waals surface area contributed by atoms with E-state index in [0.29, 0.717) is 23.4 Å². The molecule has 0 fully saturated rings. The van der Waals surface area contributed by atoms with Gasteiger partial charge in [-0.2, -0.15) is 4.98 Å². The molecule has 0 aliphatic heterocycles. The van der Waals surface area contributed by atoms with Crippen LogP contribution in [-0.2, 0) is 11.3 Å². The van der Waals surface area contributed by atoms with E-state index in [1.165, 1.54) is 6.20 Å². The van der Waals surface area contributed by atoms with Gasteiger partial charge in [0.2, 0.25) is 5.95 Å². The summed E-state index contributed by atoms with van der Waals surface area (Å²) >= 11 is 6.01. The topological polar surface area (TPSA) is 85.1 Å². The van der Waals surface area contributed by atoms with Gasteiger partial charge in [-0.05, 0) is 17.7 Å². The number of hydrogen-bond donors (Lipinski definition) is 3. The van der Waals surface area contributed by atoms with E-state index in [1.807, 2.05) is 24.3 Å². The van der Waals surface area contributed by atoms with Crippen LogP contribution in [0.2, 0.25) is 5.02 Å². The molecular formula is C12H14ClN5O. The molecule has 1 aromatic carbocycles. The normalized spacial score (nSPS) is 10.3. The summed E-state index contributed by atoms with van der Waals surface area (Å²) < 4.78 is 5.05. The van der Waals surface area contributed by atoms with Crippen LogP contribution in [0.3, 0.4) is 0 Å². The van der Waals surface area contributed by atoms with Gasteiger partial charge in [0, 0.05) is 12.8 Å². The third-order valence-corrected chi connectivity index (χ3v) is 2.68. The lowest BCUT2D eigenvalue weighted by Gasteiger charge is -2.09. The summed E-state index contributed by atoms with van der Waals surface area (Å²) in [5, 5.41) is 3.51. The number of anilines is 3. The highest BCUT2D eigenvalue weighted by Gasteiger charge is 2.05. The van der Waals surface area contributed by atoms with Crippen molar-refractivity contribution < 1.29 is 4.74 Å². The number of hydrogen-bond acceptors (Lipinski definition) is 6. The number of nitrogens with two attached hydrogens (primary N) is 1. The molecule has 0 radical (unpaired) electrons. The molecule has 2 rings (SSSR count). The van der Waals surface area contributed by atoms with Gasteiger partial charge in [-0.1, -0.05) is 23.7 Å². The number of nitrogen functional groups attached to an aromatic ring is 1. The number of nitrogens with one attached hydrogen (secondary N) is 2. The van der Waals surface area contributed by atoms with Gasteiger partial charge in [-0.15, -0.1) is 0 Å². The molecule has 0 bridgehead atoms. The lowest BCUT2D eigenvalue weighted by atomic mass is 10.2. The fraction of sp³-hybridized carbons (Fsp3) is 0.167. The van der Waals surface area contributed by atoms with Crippen molar-refractivity contribution in [3.05, 3.63) is 41.0 Å². The molecule has 100 valence electrons. The van der Waals surface area contributed by atoms with Crippen LogP contribution in [0, 0.1) is 0 Å². The van der Waals surface area contributed by atoms with Crippen LogP contribution in [0.4, 0.5) is 17.5 Å². The van der Waals surface area contributed by atoms with E-state index in [1.54, 1.807) is 7.11 Å². The van der Waals surface area contributed by atoms with Crippen LogP contribution < -0.4 is 16.6 Å². The molecule has 1 aromatic heterocycles. The van der Waals surface area contributed by atoms with E-state index in [9.17, 15) is 0 Å². The number of methoxy groups -OCH3 is 1. The lowest BCUT2D eigenvalue weighted by Crippen LogP contribution is -2.11. The molecule has 7 heteroatoms. The van der Waals surface area contributed by atoms with Crippen molar-refractivity contribution >= 4 is 29.1 Å². The Bertz CT molecular complexity index is 546. The molecule has 6 nitrogen and oxygen atoms in total. The molecule has 0 amide bonds. The highest BCUT2D eigenvalue weighted by Crippen LogP contribution is 2.23. The van der Waals surface area contributed by atoms with Crippen molar-refractivity contribution in [3.8, 4) is 0 Å². The van der Waals surface area contributed by atoms with Gasteiger partial charge in [-0.25, -0.2) is 10.8 Å². The van der Waals surface area contributed by atoms with E-state index in [4.69, 9.17) is 22.2 Å². The Labute approximate surface area is 115 Å². The van der Waals surface area contributed by atoms with Crippen molar-refractivity contribution in [2.75, 3.05) is 17.9 Å². The molecule has 0 atom stereocenters. The minimum Gasteiger partial charge on any atom is -0.380 e. The van der Waals surface area contributed by atoms with Gasteiger partial charge >= 0.3 is 0 Å². The van der Waals surface area contributed by atoms with Crippen molar-refractivity contribution in [2.45, 2.75) is 6.61 Å². The first-order chi connectivity index (χ1) is 9.22. The van der Waals surface area contributed by atoms with E-state index in [-0.39, 0.29) is 0 Å². The van der Waals surface area contributed by atoms with Crippen LogP contribution in [0.1, 0.15) is 5.56 Å². The Balaban J connectivity index is 2.16. The number of benzene rings is 1. The van der Waals surface area contributed by atoms with E-state index in [0.717, 1.165) is 11.3 Å².